The summed E-state index contributed by atoms with van der Waals surface area (Å²) in [5.74, 6) is 0. The Hall–Kier alpha value is -0.610. The molecule has 0 radical (unpaired) electrons. The maximum atomic E-state index is 4.95. The Morgan fingerprint density at radius 3 is 2.68 bits per heavy atom. The number of fused-ring (bicyclic) bond motifs is 1. The van der Waals surface area contributed by atoms with E-state index in [1.807, 2.05) is 11.3 Å². The standard InChI is InChI=1S/C15H23N3S/c1-2-5-15(4-1)6-3-12-13(11-15)19-14(17-12)18-9-7-16-8-10-18/h16H,1-11H2. The first-order valence-corrected chi connectivity index (χ1v) is 8.61. The van der Waals surface area contributed by atoms with Crippen LogP contribution in [0.2, 0.25) is 0 Å². The summed E-state index contributed by atoms with van der Waals surface area (Å²) >= 11 is 1.99. The molecule has 1 aromatic heterocycles. The van der Waals surface area contributed by atoms with Crippen LogP contribution in [0.1, 0.15) is 42.7 Å². The second-order valence-electron chi connectivity index (χ2n) is 6.49. The van der Waals surface area contributed by atoms with Gasteiger partial charge >= 0.3 is 0 Å². The van der Waals surface area contributed by atoms with Gasteiger partial charge in [-0.1, -0.05) is 12.8 Å². The van der Waals surface area contributed by atoms with E-state index in [0.29, 0.717) is 5.41 Å². The zero-order chi connectivity index (χ0) is 12.7. The minimum atomic E-state index is 0.667. The van der Waals surface area contributed by atoms with Crippen molar-refractivity contribution in [2.24, 2.45) is 5.41 Å². The van der Waals surface area contributed by atoms with Gasteiger partial charge in [0.05, 0.1) is 5.69 Å². The van der Waals surface area contributed by atoms with Gasteiger partial charge in [0.25, 0.3) is 0 Å². The molecule has 3 aliphatic rings. The second-order valence-corrected chi connectivity index (χ2v) is 7.55. The van der Waals surface area contributed by atoms with E-state index in [9.17, 15) is 0 Å². The highest BCUT2D eigenvalue weighted by Crippen LogP contribution is 2.49. The van der Waals surface area contributed by atoms with E-state index in [0.717, 1.165) is 26.2 Å². The van der Waals surface area contributed by atoms with Gasteiger partial charge in [-0.15, -0.1) is 11.3 Å². The van der Waals surface area contributed by atoms with E-state index in [1.54, 1.807) is 4.88 Å². The number of hydrogen-bond acceptors (Lipinski definition) is 4. The number of anilines is 1. The van der Waals surface area contributed by atoms with Gasteiger partial charge in [0.2, 0.25) is 0 Å². The summed E-state index contributed by atoms with van der Waals surface area (Å²) in [5.41, 5.74) is 2.09. The molecule has 0 unspecified atom stereocenters. The molecule has 0 bridgehead atoms. The monoisotopic (exact) mass is 277 g/mol. The number of nitrogens with one attached hydrogen (secondary N) is 1. The molecule has 4 rings (SSSR count). The first-order valence-electron chi connectivity index (χ1n) is 7.79. The van der Waals surface area contributed by atoms with Gasteiger partial charge in [-0.3, -0.25) is 0 Å². The summed E-state index contributed by atoms with van der Waals surface area (Å²) in [6.45, 7) is 4.46. The summed E-state index contributed by atoms with van der Waals surface area (Å²) < 4.78 is 0. The average molecular weight is 277 g/mol. The largest absolute Gasteiger partial charge is 0.346 e. The van der Waals surface area contributed by atoms with Gasteiger partial charge in [-0.05, 0) is 37.5 Å². The third-order valence-corrected chi connectivity index (χ3v) is 6.40. The normalized spacial score (nSPS) is 25.8. The van der Waals surface area contributed by atoms with Gasteiger partial charge in [-0.25, -0.2) is 4.98 Å². The van der Waals surface area contributed by atoms with Crippen LogP contribution in [0, 0.1) is 5.41 Å². The molecule has 4 heteroatoms. The molecule has 1 spiro atoms. The third kappa shape index (κ3) is 2.19. The molecule has 104 valence electrons. The van der Waals surface area contributed by atoms with Crippen LogP contribution >= 0.6 is 11.3 Å². The second kappa shape index (κ2) is 4.74. The molecule has 1 saturated carbocycles. The van der Waals surface area contributed by atoms with Gasteiger partial charge in [-0.2, -0.15) is 0 Å². The van der Waals surface area contributed by atoms with Crippen molar-refractivity contribution in [1.29, 1.82) is 0 Å². The molecule has 0 atom stereocenters. The third-order valence-electron chi connectivity index (χ3n) is 5.25. The lowest BCUT2D eigenvalue weighted by molar-refractivity contribution is 0.256. The molecular weight excluding hydrogens is 254 g/mol. The van der Waals surface area contributed by atoms with E-state index in [-0.39, 0.29) is 0 Å². The van der Waals surface area contributed by atoms with Crippen LogP contribution in [-0.2, 0) is 12.8 Å². The number of piperazine rings is 1. The number of hydrogen-bond donors (Lipinski definition) is 1. The molecule has 3 nitrogen and oxygen atoms in total. The van der Waals surface area contributed by atoms with Gasteiger partial charge in [0.1, 0.15) is 0 Å². The summed E-state index contributed by atoms with van der Waals surface area (Å²) in [4.78, 5) is 9.03. The van der Waals surface area contributed by atoms with Crippen molar-refractivity contribution in [2.75, 3.05) is 31.1 Å². The molecule has 0 aromatic carbocycles. The highest BCUT2D eigenvalue weighted by atomic mass is 32.1. The zero-order valence-electron chi connectivity index (χ0n) is 11.6. The van der Waals surface area contributed by atoms with Crippen LogP contribution in [0.4, 0.5) is 5.13 Å². The number of aromatic nitrogens is 1. The maximum Gasteiger partial charge on any atom is 0.185 e. The molecule has 1 aromatic rings. The average Bonchev–Trinajstić information content (AvgIpc) is 3.07. The minimum Gasteiger partial charge on any atom is -0.346 e. The molecule has 1 N–H and O–H groups in total. The lowest BCUT2D eigenvalue weighted by atomic mass is 9.74. The van der Waals surface area contributed by atoms with Gasteiger partial charge < -0.3 is 10.2 Å². The van der Waals surface area contributed by atoms with Crippen LogP contribution in [0.3, 0.4) is 0 Å². The molecule has 0 amide bonds. The fourth-order valence-electron chi connectivity index (χ4n) is 4.06. The topological polar surface area (TPSA) is 28.2 Å². The fraction of sp³-hybridized carbons (Fsp3) is 0.800. The highest BCUT2D eigenvalue weighted by molar-refractivity contribution is 7.15. The van der Waals surface area contributed by atoms with Crippen molar-refractivity contribution in [3.63, 3.8) is 0 Å². The number of rotatable bonds is 1. The highest BCUT2D eigenvalue weighted by Gasteiger charge is 2.38. The van der Waals surface area contributed by atoms with Crippen LogP contribution in [0.15, 0.2) is 0 Å². The number of thiazole rings is 1. The van der Waals surface area contributed by atoms with Crippen LogP contribution in [0.25, 0.3) is 0 Å². The Morgan fingerprint density at radius 2 is 1.89 bits per heavy atom. The lowest BCUT2D eigenvalue weighted by Gasteiger charge is -2.32. The molecule has 1 saturated heterocycles. The van der Waals surface area contributed by atoms with Crippen molar-refractivity contribution < 1.29 is 0 Å². The summed E-state index contributed by atoms with van der Waals surface area (Å²) in [6, 6.07) is 0. The van der Waals surface area contributed by atoms with Crippen molar-refractivity contribution in [2.45, 2.75) is 44.9 Å². The molecule has 2 aliphatic carbocycles. The Bertz CT molecular complexity index is 456. The Kier molecular flexibility index (Phi) is 3.03. The van der Waals surface area contributed by atoms with Crippen molar-refractivity contribution in [3.8, 4) is 0 Å². The van der Waals surface area contributed by atoms with Gasteiger partial charge in [0, 0.05) is 31.1 Å². The smallest absolute Gasteiger partial charge is 0.185 e. The zero-order valence-corrected chi connectivity index (χ0v) is 12.4. The summed E-state index contributed by atoms with van der Waals surface area (Å²) in [7, 11) is 0. The summed E-state index contributed by atoms with van der Waals surface area (Å²) in [5, 5.41) is 4.71. The van der Waals surface area contributed by atoms with Crippen LogP contribution in [-0.4, -0.2) is 31.2 Å². The Labute approximate surface area is 119 Å². The van der Waals surface area contributed by atoms with E-state index < -0.39 is 0 Å². The predicted molar refractivity (Wildman–Crippen MR) is 80.1 cm³/mol. The quantitative estimate of drug-likeness (QED) is 0.855. The van der Waals surface area contributed by atoms with Gasteiger partial charge in [0.15, 0.2) is 5.13 Å². The minimum absolute atomic E-state index is 0.667. The van der Waals surface area contributed by atoms with Crippen LogP contribution < -0.4 is 10.2 Å². The SMILES string of the molecule is C1CCC2(C1)CCc1nc(N3CCNCC3)sc1C2. The molecule has 19 heavy (non-hydrogen) atoms. The first kappa shape index (κ1) is 12.2. The van der Waals surface area contributed by atoms with E-state index in [1.165, 1.54) is 55.8 Å². The molecule has 2 fully saturated rings. The molecule has 1 aliphatic heterocycles. The molecular formula is C15H23N3S. The maximum absolute atomic E-state index is 4.95. The van der Waals surface area contributed by atoms with E-state index in [4.69, 9.17) is 4.98 Å². The summed E-state index contributed by atoms with van der Waals surface area (Å²) in [6.07, 6.45) is 9.80. The number of aryl methyl sites for hydroxylation is 1. The molecule has 2 heterocycles. The Balaban J connectivity index is 1.56. The number of nitrogens with zero attached hydrogens (tertiary/aromatic N) is 2. The van der Waals surface area contributed by atoms with Crippen molar-refractivity contribution in [1.82, 2.24) is 10.3 Å². The van der Waals surface area contributed by atoms with E-state index >= 15 is 0 Å². The van der Waals surface area contributed by atoms with Crippen molar-refractivity contribution >= 4 is 16.5 Å². The first-order chi connectivity index (χ1) is 9.35. The van der Waals surface area contributed by atoms with E-state index in [2.05, 4.69) is 10.2 Å². The fourth-order valence-corrected chi connectivity index (χ4v) is 5.39. The van der Waals surface area contributed by atoms with Crippen LogP contribution in [0.5, 0.6) is 0 Å². The van der Waals surface area contributed by atoms with Crippen molar-refractivity contribution in [3.05, 3.63) is 10.6 Å². The lowest BCUT2D eigenvalue weighted by Crippen LogP contribution is -2.43. The Morgan fingerprint density at radius 1 is 1.11 bits per heavy atom. The predicted octanol–water partition coefficient (Wildman–Crippen LogP) is 2.60.